The normalized spacial score (nSPS) is 27.4. The first kappa shape index (κ1) is 18.5. The molecular weight excluding hydrogens is 302 g/mol. The van der Waals surface area contributed by atoms with Crippen LogP contribution in [-0.4, -0.2) is 23.5 Å². The monoisotopic (exact) mass is 331 g/mol. The van der Waals surface area contributed by atoms with E-state index in [2.05, 4.69) is 45.0 Å². The average Bonchev–Trinajstić information content (AvgIpc) is 2.58. The molecule has 3 unspecified atom stereocenters. The maximum Gasteiger partial charge on any atom is 0.306 e. The second-order valence-corrected chi connectivity index (χ2v) is 6.81. The molecule has 0 saturated heterocycles. The number of allylic oxidation sites excluding steroid dienone is 6. The topological polar surface area (TPSA) is 58.9 Å². The van der Waals surface area contributed by atoms with Crippen molar-refractivity contribution in [1.29, 1.82) is 0 Å². The van der Waals surface area contributed by atoms with E-state index < -0.39 is 0 Å². The number of rotatable bonds is 5. The van der Waals surface area contributed by atoms with E-state index in [4.69, 9.17) is 4.74 Å². The molecule has 1 N–H and O–H groups in total. The van der Waals surface area contributed by atoms with E-state index in [-0.39, 0.29) is 18.3 Å². The van der Waals surface area contributed by atoms with E-state index >= 15 is 0 Å². The Bertz CT molecular complexity index is 625. The lowest BCUT2D eigenvalue weighted by Crippen LogP contribution is -2.29. The highest BCUT2D eigenvalue weighted by Gasteiger charge is 2.35. The molecule has 0 aliphatic heterocycles. The van der Waals surface area contributed by atoms with Crippen LogP contribution in [0.5, 0.6) is 0 Å². The predicted molar refractivity (Wildman–Crippen MR) is 96.1 cm³/mol. The van der Waals surface area contributed by atoms with Crippen molar-refractivity contribution in [3.05, 3.63) is 34.4 Å². The fraction of sp³-hybridized carbons (Fsp3) is 0.600. The number of hydrogen-bond donors (Lipinski definition) is 1. The Balaban J connectivity index is 2.26. The van der Waals surface area contributed by atoms with Crippen LogP contribution in [0.4, 0.5) is 0 Å². The van der Waals surface area contributed by atoms with Gasteiger partial charge in [0.1, 0.15) is 0 Å². The van der Waals surface area contributed by atoms with Crippen LogP contribution in [0.25, 0.3) is 0 Å². The van der Waals surface area contributed by atoms with Gasteiger partial charge in [0.25, 0.3) is 0 Å². The van der Waals surface area contributed by atoms with Crippen LogP contribution in [0.15, 0.2) is 39.6 Å². The minimum absolute atomic E-state index is 0.0740. The van der Waals surface area contributed by atoms with Gasteiger partial charge in [-0.1, -0.05) is 47.9 Å². The summed E-state index contributed by atoms with van der Waals surface area (Å²) in [5, 5.41) is 13.1. The van der Waals surface area contributed by atoms with E-state index in [1.165, 1.54) is 22.3 Å². The number of carbonyl (C=O) groups is 1. The van der Waals surface area contributed by atoms with Gasteiger partial charge in [-0.2, -0.15) is 0 Å². The molecule has 0 fully saturated rings. The Kier molecular flexibility index (Phi) is 6.03. The second-order valence-electron chi connectivity index (χ2n) is 6.81. The van der Waals surface area contributed by atoms with Crippen LogP contribution in [0.2, 0.25) is 0 Å². The molecule has 0 aromatic heterocycles. The molecule has 2 aliphatic rings. The summed E-state index contributed by atoms with van der Waals surface area (Å²) in [5.74, 6) is 0.562. The summed E-state index contributed by atoms with van der Waals surface area (Å²) < 4.78 is 4.99. The Morgan fingerprint density at radius 3 is 2.54 bits per heavy atom. The van der Waals surface area contributed by atoms with Crippen LogP contribution < -0.4 is 0 Å². The molecule has 0 saturated carbocycles. The molecule has 2 aliphatic carbocycles. The fourth-order valence-corrected chi connectivity index (χ4v) is 3.92. The molecule has 0 aromatic rings. The quantitative estimate of drug-likeness (QED) is 0.262. The summed E-state index contributed by atoms with van der Waals surface area (Å²) in [4.78, 5) is 11.6. The highest BCUT2D eigenvalue weighted by molar-refractivity contribution is 5.92. The summed E-state index contributed by atoms with van der Waals surface area (Å²) in [6, 6.07) is 0. The summed E-state index contributed by atoms with van der Waals surface area (Å²) in [7, 11) is 0. The second kappa shape index (κ2) is 7.82. The first-order chi connectivity index (χ1) is 11.4. The van der Waals surface area contributed by atoms with Gasteiger partial charge in [0, 0.05) is 18.3 Å². The van der Waals surface area contributed by atoms with Crippen molar-refractivity contribution in [3.8, 4) is 0 Å². The first-order valence-electron chi connectivity index (χ1n) is 8.86. The number of nitrogens with zero attached hydrogens (tertiary/aromatic N) is 1. The summed E-state index contributed by atoms with van der Waals surface area (Å²) in [6.45, 7) is 11.0. The van der Waals surface area contributed by atoms with Crippen LogP contribution >= 0.6 is 0 Å². The summed E-state index contributed by atoms with van der Waals surface area (Å²) in [5.41, 5.74) is 6.22. The molecular formula is C20H29NO3. The molecule has 3 atom stereocenters. The smallest absolute Gasteiger partial charge is 0.306 e. The van der Waals surface area contributed by atoms with Crippen LogP contribution in [0.1, 0.15) is 53.9 Å². The highest BCUT2D eigenvalue weighted by Crippen LogP contribution is 2.45. The van der Waals surface area contributed by atoms with Crippen molar-refractivity contribution in [2.24, 2.45) is 22.9 Å². The molecule has 132 valence electrons. The number of oxime groups is 1. The third-order valence-electron chi connectivity index (χ3n) is 5.65. The van der Waals surface area contributed by atoms with E-state index in [1.54, 1.807) is 6.92 Å². The van der Waals surface area contributed by atoms with Crippen LogP contribution in [0.3, 0.4) is 0 Å². The molecule has 24 heavy (non-hydrogen) atoms. The predicted octanol–water partition coefficient (Wildman–Crippen LogP) is 4.65. The third-order valence-corrected chi connectivity index (χ3v) is 5.65. The van der Waals surface area contributed by atoms with Crippen molar-refractivity contribution < 1.29 is 14.7 Å². The van der Waals surface area contributed by atoms with Gasteiger partial charge in [0.05, 0.1) is 18.7 Å². The zero-order valence-electron chi connectivity index (χ0n) is 15.4. The Hall–Kier alpha value is -1.84. The van der Waals surface area contributed by atoms with Crippen molar-refractivity contribution in [2.45, 2.75) is 53.9 Å². The summed E-state index contributed by atoms with van der Waals surface area (Å²) >= 11 is 0. The van der Waals surface area contributed by atoms with Crippen molar-refractivity contribution in [1.82, 2.24) is 0 Å². The van der Waals surface area contributed by atoms with E-state index in [1.807, 2.05) is 0 Å². The lowest BCUT2D eigenvalue weighted by molar-refractivity contribution is -0.142. The minimum atomic E-state index is -0.240. The number of hydrogen-bond acceptors (Lipinski definition) is 4. The number of esters is 1. The van der Waals surface area contributed by atoms with Gasteiger partial charge in [-0.15, -0.1) is 0 Å². The van der Waals surface area contributed by atoms with Gasteiger partial charge in [0.15, 0.2) is 0 Å². The van der Waals surface area contributed by atoms with Gasteiger partial charge in [-0.05, 0) is 38.7 Å². The molecule has 0 aromatic carbocycles. The van der Waals surface area contributed by atoms with E-state index in [0.717, 1.165) is 6.42 Å². The largest absolute Gasteiger partial charge is 0.466 e. The van der Waals surface area contributed by atoms with Gasteiger partial charge >= 0.3 is 5.97 Å². The molecule has 0 radical (unpaired) electrons. The van der Waals surface area contributed by atoms with Gasteiger partial charge in [-0.25, -0.2) is 0 Å². The van der Waals surface area contributed by atoms with Crippen LogP contribution in [-0.2, 0) is 9.53 Å². The molecule has 2 rings (SSSR count). The highest BCUT2D eigenvalue weighted by atomic mass is 16.5. The molecule has 0 spiro atoms. The fourth-order valence-electron chi connectivity index (χ4n) is 3.92. The van der Waals surface area contributed by atoms with Gasteiger partial charge in [-0.3, -0.25) is 4.79 Å². The third kappa shape index (κ3) is 3.47. The standard InChI is InChI=1S/C20H29NO3/c1-6-24-19(22)11-10-18(21-23)17-9-7-8-16-14(4)12(2)13(3)15(5)20(16)17/h7-8,14-15,17,23H,6,9-11H2,1-5H3/b21-18+. The van der Waals surface area contributed by atoms with E-state index in [0.29, 0.717) is 30.6 Å². The van der Waals surface area contributed by atoms with Gasteiger partial charge < -0.3 is 9.94 Å². The molecule has 4 heteroatoms. The van der Waals surface area contributed by atoms with Crippen LogP contribution in [0, 0.1) is 17.8 Å². The Morgan fingerprint density at radius 1 is 1.25 bits per heavy atom. The molecule has 0 heterocycles. The lowest BCUT2D eigenvalue weighted by atomic mass is 9.67. The van der Waals surface area contributed by atoms with E-state index in [9.17, 15) is 10.0 Å². The maximum absolute atomic E-state index is 11.6. The minimum Gasteiger partial charge on any atom is -0.466 e. The van der Waals surface area contributed by atoms with Crippen molar-refractivity contribution in [3.63, 3.8) is 0 Å². The zero-order valence-corrected chi connectivity index (χ0v) is 15.4. The van der Waals surface area contributed by atoms with Gasteiger partial charge in [0.2, 0.25) is 0 Å². The Labute approximate surface area is 145 Å². The number of carbonyl (C=O) groups excluding carboxylic acids is 1. The van der Waals surface area contributed by atoms with Crippen molar-refractivity contribution >= 4 is 11.7 Å². The maximum atomic E-state index is 11.6. The molecule has 0 amide bonds. The molecule has 0 bridgehead atoms. The van der Waals surface area contributed by atoms with Crippen molar-refractivity contribution in [2.75, 3.05) is 6.61 Å². The Morgan fingerprint density at radius 2 is 1.92 bits per heavy atom. The summed E-state index contributed by atoms with van der Waals surface area (Å²) in [6.07, 6.45) is 5.91. The SMILES string of the molecule is CCOC(=O)CC/C(=N\O)C1CC=CC2=C1C(C)C(C)=C(C)C2C. The first-order valence-corrected chi connectivity index (χ1v) is 8.86. The lowest BCUT2D eigenvalue weighted by Gasteiger charge is -2.38. The molecule has 4 nitrogen and oxygen atoms in total. The average molecular weight is 331 g/mol. The zero-order chi connectivity index (χ0) is 17.9. The number of ether oxygens (including phenoxy) is 1.